The average Bonchev–Trinajstić information content (AvgIpc) is 2.70. The fourth-order valence-corrected chi connectivity index (χ4v) is 2.84. The number of aromatic nitrogens is 2. The molecule has 0 bridgehead atoms. The fourth-order valence-electron chi connectivity index (χ4n) is 2.84. The van der Waals surface area contributed by atoms with E-state index in [-0.39, 0.29) is 24.8 Å². The highest BCUT2D eigenvalue weighted by Gasteiger charge is 2.10. The minimum Gasteiger partial charge on any atom is -0.507 e. The van der Waals surface area contributed by atoms with Crippen molar-refractivity contribution in [2.75, 3.05) is 13.2 Å². The normalized spacial score (nSPS) is 10.6. The van der Waals surface area contributed by atoms with E-state index in [4.69, 9.17) is 5.11 Å². The SMILES string of the molecule is Cc1cc(-c2cncc(-c3cccc(C(=O)NCCO)c3)n2)cc(C)c1O. The molecular formula is C21H21N3O3. The summed E-state index contributed by atoms with van der Waals surface area (Å²) in [7, 11) is 0. The predicted molar refractivity (Wildman–Crippen MR) is 103 cm³/mol. The number of nitrogens with one attached hydrogen (secondary N) is 1. The zero-order valence-electron chi connectivity index (χ0n) is 15.2. The summed E-state index contributed by atoms with van der Waals surface area (Å²) in [6.45, 7) is 3.79. The molecule has 0 saturated carbocycles. The van der Waals surface area contributed by atoms with Gasteiger partial charge in [-0.2, -0.15) is 0 Å². The van der Waals surface area contributed by atoms with Crippen LogP contribution in [0.5, 0.6) is 5.75 Å². The van der Waals surface area contributed by atoms with E-state index in [1.807, 2.05) is 32.0 Å². The van der Waals surface area contributed by atoms with Crippen molar-refractivity contribution in [1.29, 1.82) is 0 Å². The van der Waals surface area contributed by atoms with Gasteiger partial charge in [-0.15, -0.1) is 0 Å². The Morgan fingerprint density at radius 2 is 1.70 bits per heavy atom. The number of aryl methyl sites for hydroxylation is 2. The van der Waals surface area contributed by atoms with Crippen molar-refractivity contribution in [3.8, 4) is 28.3 Å². The first-order valence-electron chi connectivity index (χ1n) is 8.61. The number of rotatable bonds is 5. The zero-order chi connectivity index (χ0) is 19.4. The lowest BCUT2D eigenvalue weighted by Gasteiger charge is -2.09. The van der Waals surface area contributed by atoms with E-state index >= 15 is 0 Å². The van der Waals surface area contributed by atoms with Crippen molar-refractivity contribution < 1.29 is 15.0 Å². The first-order chi connectivity index (χ1) is 13.0. The van der Waals surface area contributed by atoms with Gasteiger partial charge in [0, 0.05) is 23.2 Å². The third-order valence-electron chi connectivity index (χ3n) is 4.24. The Kier molecular flexibility index (Phi) is 5.47. The van der Waals surface area contributed by atoms with Crippen LogP contribution >= 0.6 is 0 Å². The maximum Gasteiger partial charge on any atom is 0.251 e. The number of aliphatic hydroxyl groups is 1. The molecule has 3 aromatic rings. The topological polar surface area (TPSA) is 95.3 Å². The molecule has 0 spiro atoms. The summed E-state index contributed by atoms with van der Waals surface area (Å²) in [5.74, 6) is 0.0317. The number of carbonyl (C=O) groups excluding carboxylic acids is 1. The van der Waals surface area contributed by atoms with Crippen LogP contribution in [-0.4, -0.2) is 39.2 Å². The third kappa shape index (κ3) is 4.12. The quantitative estimate of drug-likeness (QED) is 0.648. The Morgan fingerprint density at radius 3 is 2.37 bits per heavy atom. The van der Waals surface area contributed by atoms with E-state index in [0.717, 1.165) is 22.3 Å². The minimum atomic E-state index is -0.250. The molecule has 0 aliphatic carbocycles. The molecule has 0 aliphatic heterocycles. The summed E-state index contributed by atoms with van der Waals surface area (Å²) in [4.78, 5) is 21.1. The average molecular weight is 363 g/mol. The van der Waals surface area contributed by atoms with Crippen LogP contribution in [-0.2, 0) is 0 Å². The van der Waals surface area contributed by atoms with Gasteiger partial charge in [0.05, 0.1) is 30.4 Å². The molecule has 0 radical (unpaired) electrons. The van der Waals surface area contributed by atoms with Crippen LogP contribution in [0.4, 0.5) is 0 Å². The van der Waals surface area contributed by atoms with E-state index in [0.29, 0.717) is 17.0 Å². The number of hydrogen-bond donors (Lipinski definition) is 3. The Hall–Kier alpha value is -3.25. The first-order valence-corrected chi connectivity index (χ1v) is 8.61. The maximum absolute atomic E-state index is 12.1. The number of phenolic OH excluding ortho intramolecular Hbond substituents is 1. The highest BCUT2D eigenvalue weighted by atomic mass is 16.3. The lowest BCUT2D eigenvalue weighted by atomic mass is 10.0. The fraction of sp³-hybridized carbons (Fsp3) is 0.190. The van der Waals surface area contributed by atoms with Gasteiger partial charge in [-0.25, -0.2) is 4.98 Å². The van der Waals surface area contributed by atoms with E-state index in [2.05, 4.69) is 15.3 Å². The van der Waals surface area contributed by atoms with Crippen LogP contribution in [0.2, 0.25) is 0 Å². The number of phenols is 1. The number of hydrogen-bond acceptors (Lipinski definition) is 5. The van der Waals surface area contributed by atoms with Crippen molar-refractivity contribution in [2.45, 2.75) is 13.8 Å². The van der Waals surface area contributed by atoms with Crippen molar-refractivity contribution in [1.82, 2.24) is 15.3 Å². The highest BCUT2D eigenvalue weighted by molar-refractivity contribution is 5.95. The second-order valence-corrected chi connectivity index (χ2v) is 6.31. The van der Waals surface area contributed by atoms with Gasteiger partial charge in [-0.3, -0.25) is 9.78 Å². The molecule has 0 saturated heterocycles. The highest BCUT2D eigenvalue weighted by Crippen LogP contribution is 2.29. The molecule has 0 atom stereocenters. The van der Waals surface area contributed by atoms with Gasteiger partial charge >= 0.3 is 0 Å². The van der Waals surface area contributed by atoms with Gasteiger partial charge in [0.25, 0.3) is 5.91 Å². The monoisotopic (exact) mass is 363 g/mol. The summed E-state index contributed by atoms with van der Waals surface area (Å²) in [6.07, 6.45) is 3.32. The van der Waals surface area contributed by atoms with Crippen LogP contribution in [0, 0.1) is 13.8 Å². The number of nitrogens with zero attached hydrogens (tertiary/aromatic N) is 2. The minimum absolute atomic E-state index is 0.107. The molecule has 0 aliphatic rings. The molecular weight excluding hydrogens is 342 g/mol. The van der Waals surface area contributed by atoms with Crippen LogP contribution in [0.1, 0.15) is 21.5 Å². The molecule has 1 heterocycles. The van der Waals surface area contributed by atoms with Crippen molar-refractivity contribution >= 4 is 5.91 Å². The van der Waals surface area contributed by atoms with Crippen LogP contribution < -0.4 is 5.32 Å². The second kappa shape index (κ2) is 7.97. The van der Waals surface area contributed by atoms with Gasteiger partial charge in [-0.05, 0) is 49.2 Å². The van der Waals surface area contributed by atoms with Gasteiger partial charge in [0.2, 0.25) is 0 Å². The number of amides is 1. The van der Waals surface area contributed by atoms with Crippen molar-refractivity contribution in [2.24, 2.45) is 0 Å². The predicted octanol–water partition coefficient (Wildman–Crippen LogP) is 2.86. The second-order valence-electron chi connectivity index (χ2n) is 6.31. The maximum atomic E-state index is 12.1. The number of benzene rings is 2. The molecule has 1 aromatic heterocycles. The zero-order valence-corrected chi connectivity index (χ0v) is 15.2. The van der Waals surface area contributed by atoms with Crippen LogP contribution in [0.15, 0.2) is 48.8 Å². The largest absolute Gasteiger partial charge is 0.507 e. The summed E-state index contributed by atoms with van der Waals surface area (Å²) >= 11 is 0. The lowest BCUT2D eigenvalue weighted by molar-refractivity contribution is 0.0945. The Bertz CT molecular complexity index is 963. The van der Waals surface area contributed by atoms with Crippen molar-refractivity contribution in [3.05, 3.63) is 65.5 Å². The molecule has 1 amide bonds. The lowest BCUT2D eigenvalue weighted by Crippen LogP contribution is -2.26. The van der Waals surface area contributed by atoms with Gasteiger partial charge < -0.3 is 15.5 Å². The molecule has 0 unspecified atom stereocenters. The number of aliphatic hydroxyl groups excluding tert-OH is 1. The number of carbonyl (C=O) groups is 1. The number of aromatic hydroxyl groups is 1. The Balaban J connectivity index is 1.96. The molecule has 27 heavy (non-hydrogen) atoms. The summed E-state index contributed by atoms with van der Waals surface area (Å²) in [5.41, 5.74) is 5.02. The third-order valence-corrected chi connectivity index (χ3v) is 4.24. The standard InChI is InChI=1S/C21H21N3O3/c1-13-8-17(9-14(2)20(13)26)19-12-22-11-18(24-19)15-4-3-5-16(10-15)21(27)23-6-7-25/h3-5,8-12,25-26H,6-7H2,1-2H3,(H,23,27). The van der Waals surface area contributed by atoms with Gasteiger partial charge in [0.1, 0.15) is 5.75 Å². The molecule has 138 valence electrons. The summed E-state index contributed by atoms with van der Waals surface area (Å²) in [5, 5.41) is 21.4. The molecule has 2 aromatic carbocycles. The van der Waals surface area contributed by atoms with Gasteiger partial charge in [0.15, 0.2) is 0 Å². The van der Waals surface area contributed by atoms with E-state index in [1.165, 1.54) is 0 Å². The smallest absolute Gasteiger partial charge is 0.251 e. The van der Waals surface area contributed by atoms with Crippen LogP contribution in [0.3, 0.4) is 0 Å². The Labute approximate surface area is 157 Å². The first kappa shape index (κ1) is 18.5. The molecule has 6 heteroatoms. The summed E-state index contributed by atoms with van der Waals surface area (Å²) < 4.78 is 0. The molecule has 3 rings (SSSR count). The summed E-state index contributed by atoms with van der Waals surface area (Å²) in [6, 6.07) is 10.8. The Morgan fingerprint density at radius 1 is 1.04 bits per heavy atom. The van der Waals surface area contributed by atoms with Gasteiger partial charge in [-0.1, -0.05) is 12.1 Å². The van der Waals surface area contributed by atoms with E-state index < -0.39 is 0 Å². The van der Waals surface area contributed by atoms with E-state index in [9.17, 15) is 9.90 Å². The van der Waals surface area contributed by atoms with Crippen molar-refractivity contribution in [3.63, 3.8) is 0 Å². The molecule has 0 fully saturated rings. The van der Waals surface area contributed by atoms with Crippen LogP contribution in [0.25, 0.3) is 22.5 Å². The molecule has 6 nitrogen and oxygen atoms in total. The van der Waals surface area contributed by atoms with E-state index in [1.54, 1.807) is 30.6 Å². The molecule has 3 N–H and O–H groups in total.